The van der Waals surface area contributed by atoms with Gasteiger partial charge in [0.15, 0.2) is 11.5 Å². The number of ether oxygens (including phenoxy) is 2. The van der Waals surface area contributed by atoms with Gasteiger partial charge in [0.2, 0.25) is 0 Å². The first-order valence-electron chi connectivity index (χ1n) is 12.0. The molecule has 0 aliphatic heterocycles. The molecule has 0 aliphatic rings. The van der Waals surface area contributed by atoms with Gasteiger partial charge < -0.3 is 14.8 Å². The number of carbonyl (C=O) groups excluding carboxylic acids is 1. The van der Waals surface area contributed by atoms with Gasteiger partial charge in [-0.15, -0.1) is 0 Å². The van der Waals surface area contributed by atoms with Gasteiger partial charge in [-0.05, 0) is 60.7 Å². The van der Waals surface area contributed by atoms with Crippen molar-refractivity contribution < 1.29 is 14.3 Å². The Hall–Kier alpha value is -4.56. The molecule has 7 nitrogen and oxygen atoms in total. The summed E-state index contributed by atoms with van der Waals surface area (Å²) in [5, 5.41) is 11.6. The van der Waals surface area contributed by atoms with Gasteiger partial charge >= 0.3 is 0 Å². The number of amides is 1. The molecule has 5 rings (SSSR count). The van der Waals surface area contributed by atoms with E-state index in [9.17, 15) is 4.79 Å². The summed E-state index contributed by atoms with van der Waals surface area (Å²) in [7, 11) is 3.18. The Kier molecular flexibility index (Phi) is 7.70. The molecular weight excluding hydrogens is 496 g/mol. The molecule has 190 valence electrons. The summed E-state index contributed by atoms with van der Waals surface area (Å²) in [6.45, 7) is 0.313. The van der Waals surface area contributed by atoms with E-state index in [1.54, 1.807) is 20.4 Å². The molecule has 8 heteroatoms. The fourth-order valence-electron chi connectivity index (χ4n) is 4.08. The van der Waals surface area contributed by atoms with Gasteiger partial charge in [-0.2, -0.15) is 5.10 Å². The largest absolute Gasteiger partial charge is 0.493 e. The highest BCUT2D eigenvalue weighted by Gasteiger charge is 2.15. The highest BCUT2D eigenvalue weighted by Crippen LogP contribution is 2.34. The predicted molar refractivity (Wildman–Crippen MR) is 151 cm³/mol. The average Bonchev–Trinajstić information content (AvgIpc) is 3.37. The van der Waals surface area contributed by atoms with E-state index >= 15 is 0 Å². The van der Waals surface area contributed by atoms with Gasteiger partial charge in [0.25, 0.3) is 5.91 Å². The summed E-state index contributed by atoms with van der Waals surface area (Å²) in [4.78, 5) is 19.3. The second-order valence-electron chi connectivity index (χ2n) is 8.34. The molecule has 0 saturated heterocycles. The summed E-state index contributed by atoms with van der Waals surface area (Å²) in [5.41, 5.74) is 4.07. The zero-order valence-corrected chi connectivity index (χ0v) is 21.8. The maximum absolute atomic E-state index is 13.2. The second kappa shape index (κ2) is 11.7. The van der Waals surface area contributed by atoms with Gasteiger partial charge in [-0.3, -0.25) is 14.9 Å². The van der Waals surface area contributed by atoms with Crippen LogP contribution in [0.3, 0.4) is 0 Å². The number of aromatic amines is 1. The van der Waals surface area contributed by atoms with Gasteiger partial charge in [0, 0.05) is 33.5 Å². The molecule has 0 atom stereocenters. The van der Waals surface area contributed by atoms with Crippen molar-refractivity contribution in [1.29, 1.82) is 0 Å². The summed E-state index contributed by atoms with van der Waals surface area (Å²) >= 11 is 1.53. The van der Waals surface area contributed by atoms with Crippen LogP contribution in [0.25, 0.3) is 23.1 Å². The van der Waals surface area contributed by atoms with Crippen LogP contribution in [0.1, 0.15) is 27.3 Å². The van der Waals surface area contributed by atoms with Crippen molar-refractivity contribution in [2.45, 2.75) is 16.3 Å². The Morgan fingerprint density at radius 1 is 0.974 bits per heavy atom. The number of hydrogen-bond donors (Lipinski definition) is 2. The summed E-state index contributed by atoms with van der Waals surface area (Å²) in [6.07, 6.45) is 5.65. The third kappa shape index (κ3) is 5.55. The molecule has 0 radical (unpaired) electrons. The van der Waals surface area contributed by atoms with E-state index in [4.69, 9.17) is 9.47 Å². The van der Waals surface area contributed by atoms with Crippen molar-refractivity contribution in [3.05, 3.63) is 108 Å². The van der Waals surface area contributed by atoms with Gasteiger partial charge in [0.1, 0.15) is 0 Å². The van der Waals surface area contributed by atoms with Crippen LogP contribution in [0, 0.1) is 0 Å². The summed E-state index contributed by atoms with van der Waals surface area (Å²) < 4.78 is 10.9. The number of fused-ring (bicyclic) bond motifs is 1. The van der Waals surface area contributed by atoms with Gasteiger partial charge in [0.05, 0.1) is 36.7 Å². The number of hydrogen-bond acceptors (Lipinski definition) is 6. The van der Waals surface area contributed by atoms with E-state index in [1.165, 1.54) is 11.8 Å². The van der Waals surface area contributed by atoms with E-state index in [-0.39, 0.29) is 5.91 Å². The molecule has 0 unspecified atom stereocenters. The number of methoxy groups -OCH3 is 2. The average molecular weight is 523 g/mol. The highest BCUT2D eigenvalue weighted by molar-refractivity contribution is 7.99. The lowest BCUT2D eigenvalue weighted by Crippen LogP contribution is -2.23. The number of carbonyl (C=O) groups is 1. The van der Waals surface area contributed by atoms with Crippen LogP contribution < -0.4 is 14.8 Å². The topological polar surface area (TPSA) is 89.1 Å². The molecule has 3 aromatic carbocycles. The Morgan fingerprint density at radius 3 is 2.66 bits per heavy atom. The fraction of sp³-hybridized carbons (Fsp3) is 0.100. The van der Waals surface area contributed by atoms with Crippen molar-refractivity contribution in [3.8, 4) is 11.5 Å². The van der Waals surface area contributed by atoms with Crippen molar-refractivity contribution in [2.24, 2.45) is 0 Å². The van der Waals surface area contributed by atoms with E-state index in [0.717, 1.165) is 37.6 Å². The first-order chi connectivity index (χ1) is 18.7. The van der Waals surface area contributed by atoms with Gasteiger partial charge in [-0.25, -0.2) is 0 Å². The van der Waals surface area contributed by atoms with Crippen LogP contribution in [0.15, 0.2) is 94.9 Å². The first kappa shape index (κ1) is 25.1. The normalized spacial score (nSPS) is 11.1. The number of rotatable bonds is 9. The Labute approximate surface area is 224 Å². The van der Waals surface area contributed by atoms with E-state index in [1.807, 2.05) is 91.0 Å². The zero-order valence-electron chi connectivity index (χ0n) is 21.0. The van der Waals surface area contributed by atoms with Crippen LogP contribution in [0.4, 0.5) is 0 Å². The second-order valence-corrected chi connectivity index (χ2v) is 9.45. The summed E-state index contributed by atoms with van der Waals surface area (Å²) in [6, 6.07) is 25.1. The van der Waals surface area contributed by atoms with Crippen molar-refractivity contribution in [2.75, 3.05) is 14.2 Å². The standard InChI is InChI=1S/C30H26N4O3S/c1-36-27-11-7-8-20(29(27)37-2)19-32-30(35)24-10-3-4-12-28(24)38-22-14-15-23-25(33-34-26(23)18-22)16-13-21-9-5-6-17-31-21/h3-18H,19H2,1-2H3,(H,32,35)(H,33,34)/b16-13+. The molecule has 0 saturated carbocycles. The first-order valence-corrected chi connectivity index (χ1v) is 12.8. The number of nitrogens with one attached hydrogen (secondary N) is 2. The van der Waals surface area contributed by atoms with Crippen molar-refractivity contribution in [1.82, 2.24) is 20.5 Å². The quantitative estimate of drug-likeness (QED) is 0.239. The Morgan fingerprint density at radius 2 is 1.84 bits per heavy atom. The van der Waals surface area contributed by atoms with Crippen LogP contribution in [-0.2, 0) is 6.54 Å². The zero-order chi connectivity index (χ0) is 26.3. The predicted octanol–water partition coefficient (Wildman–Crippen LogP) is 6.23. The minimum absolute atomic E-state index is 0.164. The molecule has 2 N–H and O–H groups in total. The molecule has 38 heavy (non-hydrogen) atoms. The third-order valence-electron chi connectivity index (χ3n) is 5.95. The van der Waals surface area contributed by atoms with Gasteiger partial charge in [-0.1, -0.05) is 42.1 Å². The molecule has 2 aromatic heterocycles. The fourth-order valence-corrected chi connectivity index (χ4v) is 5.07. The van der Waals surface area contributed by atoms with E-state index in [0.29, 0.717) is 23.6 Å². The molecule has 5 aromatic rings. The molecule has 0 fully saturated rings. The maximum Gasteiger partial charge on any atom is 0.252 e. The SMILES string of the molecule is COc1cccc(CNC(=O)c2ccccc2Sc2ccc3c(/C=C/c4ccccn4)n[nH]c3c2)c1OC. The van der Waals surface area contributed by atoms with Crippen LogP contribution in [0.5, 0.6) is 11.5 Å². The van der Waals surface area contributed by atoms with Crippen LogP contribution in [-0.4, -0.2) is 35.3 Å². The number of nitrogens with zero attached hydrogens (tertiary/aromatic N) is 2. The highest BCUT2D eigenvalue weighted by atomic mass is 32.2. The smallest absolute Gasteiger partial charge is 0.252 e. The lowest BCUT2D eigenvalue weighted by Gasteiger charge is -2.14. The molecule has 1 amide bonds. The Bertz CT molecular complexity index is 1600. The minimum Gasteiger partial charge on any atom is -0.493 e. The number of H-pyrrole nitrogens is 1. The lowest BCUT2D eigenvalue weighted by molar-refractivity contribution is 0.0947. The summed E-state index contributed by atoms with van der Waals surface area (Å²) in [5.74, 6) is 1.07. The van der Waals surface area contributed by atoms with E-state index in [2.05, 4.69) is 20.5 Å². The van der Waals surface area contributed by atoms with E-state index < -0.39 is 0 Å². The maximum atomic E-state index is 13.2. The van der Waals surface area contributed by atoms with Crippen LogP contribution >= 0.6 is 11.8 Å². The number of aromatic nitrogens is 3. The molecule has 0 bridgehead atoms. The molecule has 2 heterocycles. The molecule has 0 spiro atoms. The van der Waals surface area contributed by atoms with Crippen LogP contribution in [0.2, 0.25) is 0 Å². The molecular formula is C30H26N4O3S. The molecule has 0 aliphatic carbocycles. The minimum atomic E-state index is -0.164. The Balaban J connectivity index is 1.32. The number of benzene rings is 3. The monoisotopic (exact) mass is 522 g/mol. The van der Waals surface area contributed by atoms with Crippen molar-refractivity contribution >= 4 is 40.7 Å². The third-order valence-corrected chi connectivity index (χ3v) is 7.01. The lowest BCUT2D eigenvalue weighted by atomic mass is 10.1. The number of para-hydroxylation sites is 1. The number of pyridine rings is 1. The van der Waals surface area contributed by atoms with Crippen molar-refractivity contribution in [3.63, 3.8) is 0 Å².